The van der Waals surface area contributed by atoms with E-state index in [1.165, 1.54) is 58.3 Å². The van der Waals surface area contributed by atoms with E-state index in [1.54, 1.807) is 0 Å². The number of aryl methyl sites for hydroxylation is 4. The van der Waals surface area contributed by atoms with E-state index >= 15 is 0 Å². The van der Waals surface area contributed by atoms with Crippen LogP contribution in [0.15, 0.2) is 145 Å². The van der Waals surface area contributed by atoms with Crippen LogP contribution >= 0.6 is 0 Å². The van der Waals surface area contributed by atoms with Gasteiger partial charge in [0, 0.05) is 33.9 Å². The zero-order valence-electron chi connectivity index (χ0n) is 28.7. The van der Waals surface area contributed by atoms with E-state index in [0.717, 1.165) is 41.5 Å². The summed E-state index contributed by atoms with van der Waals surface area (Å²) in [5.74, 6) is 0.861. The van der Waals surface area contributed by atoms with Crippen LogP contribution in [0.2, 0.25) is 0 Å². The molecule has 3 nitrogen and oxygen atoms in total. The Bertz CT molecular complexity index is 1800. The van der Waals surface area contributed by atoms with E-state index in [-0.39, 0.29) is 5.41 Å². The Hall–Kier alpha value is -5.02. The lowest BCUT2D eigenvalue weighted by Gasteiger charge is -2.42. The monoisotopic (exact) mass is 630 g/mol. The summed E-state index contributed by atoms with van der Waals surface area (Å²) in [5.41, 5.74) is 13.4. The van der Waals surface area contributed by atoms with Gasteiger partial charge in [0.2, 0.25) is 0 Å². The highest BCUT2D eigenvalue weighted by atomic mass is 16.5. The molecule has 0 unspecified atom stereocenters. The molecule has 0 atom stereocenters. The number of rotatable bonds is 8. The van der Waals surface area contributed by atoms with E-state index in [4.69, 9.17) is 4.74 Å². The molecule has 0 saturated heterocycles. The lowest BCUT2D eigenvalue weighted by atomic mass is 9.64. The van der Waals surface area contributed by atoms with E-state index < -0.39 is 0 Å². The molecule has 242 valence electrons. The number of anilines is 5. The number of hydrogen-bond acceptors (Lipinski definition) is 3. The van der Waals surface area contributed by atoms with Gasteiger partial charge in [-0.2, -0.15) is 0 Å². The lowest BCUT2D eigenvalue weighted by Crippen LogP contribution is -2.35. The Morgan fingerprint density at radius 1 is 0.438 bits per heavy atom. The average Bonchev–Trinajstić information content (AvgIpc) is 3.13. The summed E-state index contributed by atoms with van der Waals surface area (Å²) in [4.78, 5) is 4.60. The fraction of sp³-hybridized carbons (Fsp3) is 0.244. The minimum absolute atomic E-state index is 0.0318. The minimum Gasteiger partial charge on any atom is -0.474 e. The number of nitrogens with zero attached hydrogens (tertiary/aromatic N) is 2. The molecule has 7 rings (SSSR count). The van der Waals surface area contributed by atoms with Crippen molar-refractivity contribution in [1.29, 1.82) is 0 Å². The van der Waals surface area contributed by atoms with Crippen LogP contribution in [-0.2, 0) is 10.2 Å². The molecule has 1 aliphatic carbocycles. The normalized spacial score (nSPS) is 15.6. The van der Waals surface area contributed by atoms with Gasteiger partial charge in [0.1, 0.15) is 6.61 Å². The van der Waals surface area contributed by atoms with E-state index in [0.29, 0.717) is 6.61 Å². The maximum Gasteiger partial charge on any atom is 0.198 e. The quantitative estimate of drug-likeness (QED) is 0.170. The van der Waals surface area contributed by atoms with Crippen LogP contribution in [-0.4, -0.2) is 6.61 Å². The van der Waals surface area contributed by atoms with Crippen LogP contribution in [0.1, 0.15) is 59.9 Å². The maximum absolute atomic E-state index is 6.73. The first-order valence-electron chi connectivity index (χ1n) is 17.4. The molecule has 5 aromatic rings. The van der Waals surface area contributed by atoms with Crippen molar-refractivity contribution in [3.8, 4) is 0 Å². The van der Waals surface area contributed by atoms with Gasteiger partial charge in [0.25, 0.3) is 0 Å². The fourth-order valence-electron chi connectivity index (χ4n) is 7.36. The predicted octanol–water partition coefficient (Wildman–Crippen LogP) is 12.2. The molecule has 0 N–H and O–H groups in total. The molecule has 2 aliphatic rings. The Labute approximate surface area is 286 Å². The lowest BCUT2D eigenvalue weighted by molar-refractivity contribution is 0.202. The average molecular weight is 631 g/mol. The summed E-state index contributed by atoms with van der Waals surface area (Å²) in [5, 5.41) is 0. The topological polar surface area (TPSA) is 15.7 Å². The highest BCUT2D eigenvalue weighted by molar-refractivity contribution is 5.77. The second kappa shape index (κ2) is 13.6. The molecule has 0 spiro atoms. The molecule has 3 heteroatoms. The van der Waals surface area contributed by atoms with Crippen LogP contribution in [0.3, 0.4) is 0 Å². The van der Waals surface area contributed by atoms with Crippen LogP contribution in [0.25, 0.3) is 0 Å². The van der Waals surface area contributed by atoms with E-state index in [2.05, 4.69) is 171 Å². The van der Waals surface area contributed by atoms with Gasteiger partial charge in [0.05, 0.1) is 0 Å². The molecule has 1 fully saturated rings. The molecule has 1 heterocycles. The third kappa shape index (κ3) is 6.42. The fourth-order valence-corrected chi connectivity index (χ4v) is 7.36. The molecule has 0 radical (unpaired) electrons. The Balaban J connectivity index is 1.24. The SMILES string of the molecule is Cc1ccc(N(C2=CC=C(C3(c4ccc(N(c5ccc(C)cc5)c5ccc(C)cc5)cc4)CCCCC3)CO2)c2ccc(C)cc2)cc1. The maximum atomic E-state index is 6.73. The Morgan fingerprint density at radius 3 is 1.19 bits per heavy atom. The van der Waals surface area contributed by atoms with Crippen molar-refractivity contribution in [2.24, 2.45) is 0 Å². The van der Waals surface area contributed by atoms with Gasteiger partial charge >= 0.3 is 0 Å². The first kappa shape index (κ1) is 31.6. The first-order chi connectivity index (χ1) is 23.4. The first-order valence-corrected chi connectivity index (χ1v) is 17.4. The summed E-state index contributed by atoms with van der Waals surface area (Å²) in [7, 11) is 0. The van der Waals surface area contributed by atoms with Gasteiger partial charge in [-0.15, -0.1) is 0 Å². The van der Waals surface area contributed by atoms with E-state index in [9.17, 15) is 0 Å². The zero-order chi connectivity index (χ0) is 33.1. The van der Waals surface area contributed by atoms with Crippen LogP contribution in [0.4, 0.5) is 28.4 Å². The standard InChI is InChI=1S/C45H46N2O/c1-33-8-19-39(20-9-33)46(40-21-10-34(2)11-22-40)41-27-16-37(17-28-41)45(30-6-5-7-31-45)38-18-29-44(48-32-38)47(42-23-12-35(3)13-24-42)43-25-14-36(4)15-26-43/h8-29H,5-7,30-32H2,1-4H3. The van der Waals surface area contributed by atoms with Gasteiger partial charge in [-0.1, -0.05) is 108 Å². The molecule has 5 aromatic carbocycles. The predicted molar refractivity (Wildman–Crippen MR) is 202 cm³/mol. The molecule has 0 bridgehead atoms. The van der Waals surface area contributed by atoms with Crippen LogP contribution < -0.4 is 9.80 Å². The molecule has 1 aliphatic heterocycles. The number of hydrogen-bond donors (Lipinski definition) is 0. The Kier molecular flexibility index (Phi) is 8.95. The molecular weight excluding hydrogens is 585 g/mol. The number of benzene rings is 5. The van der Waals surface area contributed by atoms with Crippen molar-refractivity contribution >= 4 is 28.4 Å². The molecule has 0 aromatic heterocycles. The van der Waals surface area contributed by atoms with Crippen molar-refractivity contribution in [2.75, 3.05) is 16.4 Å². The number of ether oxygens (including phenoxy) is 1. The van der Waals surface area contributed by atoms with E-state index in [1.807, 2.05) is 0 Å². The highest BCUT2D eigenvalue weighted by Gasteiger charge is 2.39. The summed E-state index contributed by atoms with van der Waals surface area (Å²) < 4.78 is 6.73. The molecule has 0 amide bonds. The molecule has 1 saturated carbocycles. The van der Waals surface area contributed by atoms with Crippen molar-refractivity contribution in [3.63, 3.8) is 0 Å². The smallest absolute Gasteiger partial charge is 0.198 e. The van der Waals surface area contributed by atoms with Crippen molar-refractivity contribution in [1.82, 2.24) is 0 Å². The summed E-state index contributed by atoms with van der Waals surface area (Å²) in [6.45, 7) is 9.13. The largest absolute Gasteiger partial charge is 0.474 e. The third-order valence-electron chi connectivity index (χ3n) is 10.2. The minimum atomic E-state index is -0.0318. The summed E-state index contributed by atoms with van der Waals surface area (Å²) >= 11 is 0. The molecule has 48 heavy (non-hydrogen) atoms. The summed E-state index contributed by atoms with van der Waals surface area (Å²) in [6.07, 6.45) is 10.6. The van der Waals surface area contributed by atoms with Gasteiger partial charge in [-0.3, -0.25) is 4.90 Å². The Morgan fingerprint density at radius 2 is 0.812 bits per heavy atom. The summed E-state index contributed by atoms with van der Waals surface area (Å²) in [6, 6.07) is 44.4. The molecular formula is C45H46N2O. The second-order valence-corrected chi connectivity index (χ2v) is 13.7. The zero-order valence-corrected chi connectivity index (χ0v) is 28.7. The van der Waals surface area contributed by atoms with Gasteiger partial charge in [0.15, 0.2) is 5.88 Å². The van der Waals surface area contributed by atoms with Crippen LogP contribution in [0.5, 0.6) is 0 Å². The van der Waals surface area contributed by atoms with Gasteiger partial charge < -0.3 is 9.64 Å². The van der Waals surface area contributed by atoms with Crippen LogP contribution in [0, 0.1) is 27.7 Å². The van der Waals surface area contributed by atoms with Crippen molar-refractivity contribution < 1.29 is 4.74 Å². The van der Waals surface area contributed by atoms with Crippen molar-refractivity contribution in [2.45, 2.75) is 65.2 Å². The van der Waals surface area contributed by atoms with Gasteiger partial charge in [-0.05, 0) is 118 Å². The van der Waals surface area contributed by atoms with Gasteiger partial charge in [-0.25, -0.2) is 0 Å². The second-order valence-electron chi connectivity index (χ2n) is 13.7. The number of allylic oxidation sites excluding steroid dienone is 2. The van der Waals surface area contributed by atoms with Crippen molar-refractivity contribution in [3.05, 3.63) is 173 Å². The highest BCUT2D eigenvalue weighted by Crippen LogP contribution is 2.47. The third-order valence-corrected chi connectivity index (χ3v) is 10.2.